The number of nitrogens with one attached hydrogen (secondary N) is 1. The lowest BCUT2D eigenvalue weighted by Crippen LogP contribution is -2.46. The smallest absolute Gasteiger partial charge is 0.120 e. The second-order valence-electron chi connectivity index (χ2n) is 4.15. The van der Waals surface area contributed by atoms with Gasteiger partial charge in [-0.1, -0.05) is 0 Å². The molecule has 0 aromatic carbocycles. The van der Waals surface area contributed by atoms with E-state index in [0.29, 0.717) is 18.2 Å². The molecule has 84 valence electrons. The number of rotatable bonds is 5. The van der Waals surface area contributed by atoms with Crippen LogP contribution in [0.2, 0.25) is 0 Å². The Kier molecular flexibility index (Phi) is 3.44. The monoisotopic (exact) mass is 209 g/mol. The van der Waals surface area contributed by atoms with Crippen molar-refractivity contribution in [1.82, 2.24) is 5.32 Å². The van der Waals surface area contributed by atoms with E-state index in [9.17, 15) is 0 Å². The highest BCUT2D eigenvalue weighted by atomic mass is 16.5. The van der Waals surface area contributed by atoms with Crippen molar-refractivity contribution in [1.29, 1.82) is 0 Å². The van der Waals surface area contributed by atoms with Gasteiger partial charge in [0.25, 0.3) is 0 Å². The van der Waals surface area contributed by atoms with Crippen LogP contribution < -0.4 is 5.32 Å². The molecule has 1 aromatic heterocycles. The Morgan fingerprint density at radius 2 is 2.40 bits per heavy atom. The van der Waals surface area contributed by atoms with E-state index in [1.165, 1.54) is 0 Å². The largest absolute Gasteiger partial charge is 0.468 e. The highest BCUT2D eigenvalue weighted by Gasteiger charge is 2.30. The van der Waals surface area contributed by atoms with E-state index in [2.05, 4.69) is 12.2 Å². The minimum atomic E-state index is 0.299. The summed E-state index contributed by atoms with van der Waals surface area (Å²) in [5.74, 6) is 1.01. The van der Waals surface area contributed by atoms with Crippen LogP contribution in [0.1, 0.15) is 38.5 Å². The van der Waals surface area contributed by atoms with E-state index in [4.69, 9.17) is 9.15 Å². The standard InChI is InChI=1S/C12H19NO2/c1-3-14-11-7-10(8-11)13-9(2)12-5-4-6-15-12/h4-6,9-11,13H,3,7-8H2,1-2H3. The summed E-state index contributed by atoms with van der Waals surface area (Å²) in [7, 11) is 0. The fourth-order valence-electron chi connectivity index (χ4n) is 2.05. The third-order valence-corrected chi connectivity index (χ3v) is 2.95. The lowest BCUT2D eigenvalue weighted by molar-refractivity contribution is -0.0125. The number of ether oxygens (including phenoxy) is 1. The Morgan fingerprint density at radius 3 is 3.00 bits per heavy atom. The van der Waals surface area contributed by atoms with Crippen molar-refractivity contribution < 1.29 is 9.15 Å². The molecule has 0 radical (unpaired) electrons. The predicted octanol–water partition coefficient (Wildman–Crippen LogP) is 2.50. The third kappa shape index (κ3) is 2.61. The Balaban J connectivity index is 1.71. The SMILES string of the molecule is CCOC1CC(NC(C)c2ccco2)C1. The van der Waals surface area contributed by atoms with E-state index in [1.54, 1.807) is 6.26 Å². The van der Waals surface area contributed by atoms with Gasteiger partial charge < -0.3 is 14.5 Å². The van der Waals surface area contributed by atoms with Crippen molar-refractivity contribution in [2.24, 2.45) is 0 Å². The van der Waals surface area contributed by atoms with Gasteiger partial charge in [-0.05, 0) is 38.8 Å². The van der Waals surface area contributed by atoms with E-state index < -0.39 is 0 Å². The average molecular weight is 209 g/mol. The van der Waals surface area contributed by atoms with Gasteiger partial charge in [0.05, 0.1) is 18.4 Å². The minimum Gasteiger partial charge on any atom is -0.468 e. The maximum atomic E-state index is 5.52. The van der Waals surface area contributed by atoms with Crippen molar-refractivity contribution in [2.45, 2.75) is 44.9 Å². The molecule has 3 nitrogen and oxygen atoms in total. The molecule has 15 heavy (non-hydrogen) atoms. The van der Waals surface area contributed by atoms with Crippen molar-refractivity contribution >= 4 is 0 Å². The molecule has 1 heterocycles. The topological polar surface area (TPSA) is 34.4 Å². The van der Waals surface area contributed by atoms with Gasteiger partial charge in [-0.3, -0.25) is 0 Å². The molecule has 2 rings (SSSR count). The summed E-state index contributed by atoms with van der Waals surface area (Å²) in [6.45, 7) is 5.00. The lowest BCUT2D eigenvalue weighted by Gasteiger charge is -2.37. The third-order valence-electron chi connectivity index (χ3n) is 2.95. The van der Waals surface area contributed by atoms with Gasteiger partial charge in [0.15, 0.2) is 0 Å². The van der Waals surface area contributed by atoms with Gasteiger partial charge >= 0.3 is 0 Å². The molecule has 1 atom stereocenters. The Morgan fingerprint density at radius 1 is 1.60 bits per heavy atom. The summed E-state index contributed by atoms with van der Waals surface area (Å²) in [6, 6.07) is 4.82. The fourth-order valence-corrected chi connectivity index (χ4v) is 2.05. The highest BCUT2D eigenvalue weighted by molar-refractivity contribution is 5.04. The van der Waals surface area contributed by atoms with E-state index >= 15 is 0 Å². The molecule has 1 unspecified atom stereocenters. The summed E-state index contributed by atoms with van der Waals surface area (Å²) in [5.41, 5.74) is 0. The molecular formula is C12H19NO2. The van der Waals surface area contributed by atoms with Crippen LogP contribution >= 0.6 is 0 Å². The molecule has 1 N–H and O–H groups in total. The average Bonchev–Trinajstić information content (AvgIpc) is 2.67. The van der Waals surface area contributed by atoms with E-state index in [0.717, 1.165) is 25.2 Å². The lowest BCUT2D eigenvalue weighted by atomic mass is 9.88. The molecule has 1 saturated carbocycles. The zero-order valence-electron chi connectivity index (χ0n) is 9.40. The van der Waals surface area contributed by atoms with Crippen LogP contribution in [0.4, 0.5) is 0 Å². The van der Waals surface area contributed by atoms with Crippen molar-refractivity contribution in [3.63, 3.8) is 0 Å². The van der Waals surface area contributed by atoms with Gasteiger partial charge in [-0.15, -0.1) is 0 Å². The molecule has 3 heteroatoms. The van der Waals surface area contributed by atoms with Gasteiger partial charge in [0.1, 0.15) is 5.76 Å². The summed E-state index contributed by atoms with van der Waals surface area (Å²) in [6.07, 6.45) is 4.44. The highest BCUT2D eigenvalue weighted by Crippen LogP contribution is 2.26. The van der Waals surface area contributed by atoms with Crippen LogP contribution in [-0.2, 0) is 4.74 Å². The molecule has 1 fully saturated rings. The fraction of sp³-hybridized carbons (Fsp3) is 0.667. The van der Waals surface area contributed by atoms with Crippen LogP contribution in [0.25, 0.3) is 0 Å². The second kappa shape index (κ2) is 4.81. The molecule has 0 bridgehead atoms. The molecule has 0 amide bonds. The van der Waals surface area contributed by atoms with Crippen LogP contribution in [0.3, 0.4) is 0 Å². The molecule has 0 aliphatic heterocycles. The molecule has 1 aromatic rings. The van der Waals surface area contributed by atoms with Crippen LogP contribution in [0.15, 0.2) is 22.8 Å². The molecule has 0 saturated heterocycles. The normalized spacial score (nSPS) is 27.3. The van der Waals surface area contributed by atoms with E-state index in [1.807, 2.05) is 19.1 Å². The van der Waals surface area contributed by atoms with Crippen molar-refractivity contribution in [2.75, 3.05) is 6.61 Å². The Labute approximate surface area is 90.8 Å². The van der Waals surface area contributed by atoms with Crippen molar-refractivity contribution in [3.8, 4) is 0 Å². The first-order valence-corrected chi connectivity index (χ1v) is 5.70. The molecule has 1 aliphatic carbocycles. The quantitative estimate of drug-likeness (QED) is 0.809. The predicted molar refractivity (Wildman–Crippen MR) is 58.7 cm³/mol. The number of hydrogen-bond acceptors (Lipinski definition) is 3. The van der Waals surface area contributed by atoms with Gasteiger partial charge in [-0.2, -0.15) is 0 Å². The molecule has 1 aliphatic rings. The van der Waals surface area contributed by atoms with Gasteiger partial charge in [0.2, 0.25) is 0 Å². The first-order chi connectivity index (χ1) is 7.29. The minimum absolute atomic E-state index is 0.299. The summed E-state index contributed by atoms with van der Waals surface area (Å²) in [4.78, 5) is 0. The molecular weight excluding hydrogens is 190 g/mol. The number of furan rings is 1. The Bertz CT molecular complexity index is 278. The second-order valence-corrected chi connectivity index (χ2v) is 4.15. The maximum Gasteiger partial charge on any atom is 0.120 e. The van der Waals surface area contributed by atoms with Crippen molar-refractivity contribution in [3.05, 3.63) is 24.2 Å². The summed E-state index contributed by atoms with van der Waals surface area (Å²) >= 11 is 0. The summed E-state index contributed by atoms with van der Waals surface area (Å²) < 4.78 is 10.9. The first-order valence-electron chi connectivity index (χ1n) is 5.70. The van der Waals surface area contributed by atoms with Crippen LogP contribution in [0.5, 0.6) is 0 Å². The van der Waals surface area contributed by atoms with E-state index in [-0.39, 0.29) is 0 Å². The first kappa shape index (κ1) is 10.7. The Hall–Kier alpha value is -0.800. The zero-order chi connectivity index (χ0) is 10.7. The summed E-state index contributed by atoms with van der Waals surface area (Å²) in [5, 5.41) is 3.53. The van der Waals surface area contributed by atoms with Crippen LogP contribution in [0, 0.1) is 0 Å². The zero-order valence-corrected chi connectivity index (χ0v) is 9.40. The molecule has 0 spiro atoms. The van der Waals surface area contributed by atoms with Crippen LogP contribution in [-0.4, -0.2) is 18.8 Å². The maximum absolute atomic E-state index is 5.52. The van der Waals surface area contributed by atoms with Gasteiger partial charge in [-0.25, -0.2) is 0 Å². The number of hydrogen-bond donors (Lipinski definition) is 1. The van der Waals surface area contributed by atoms with Gasteiger partial charge in [0, 0.05) is 12.6 Å².